The summed E-state index contributed by atoms with van der Waals surface area (Å²) in [5.41, 5.74) is 6.21. The lowest BCUT2D eigenvalue weighted by atomic mass is 10.0. The Kier molecular flexibility index (Phi) is 5.27. The summed E-state index contributed by atoms with van der Waals surface area (Å²) < 4.78 is 5.46. The molecular weight excluding hydrogens is 252 g/mol. The Bertz CT molecular complexity index is 431. The lowest BCUT2D eigenvalue weighted by Gasteiger charge is -2.21. The van der Waals surface area contributed by atoms with Gasteiger partial charge in [0.05, 0.1) is 13.0 Å². The van der Waals surface area contributed by atoms with Crippen molar-refractivity contribution in [2.24, 2.45) is 11.7 Å². The van der Waals surface area contributed by atoms with E-state index < -0.39 is 0 Å². The average molecular weight is 276 g/mol. The maximum Gasteiger partial charge on any atom is 0.220 e. The average Bonchev–Trinajstić information content (AvgIpc) is 2.87. The molecule has 1 saturated carbocycles. The van der Waals surface area contributed by atoms with Crippen molar-refractivity contribution in [3.05, 3.63) is 24.3 Å². The minimum atomic E-state index is -0.338. The number of carbonyl (C=O) groups is 1. The van der Waals surface area contributed by atoms with E-state index >= 15 is 0 Å². The number of benzene rings is 1. The summed E-state index contributed by atoms with van der Waals surface area (Å²) >= 11 is 0. The van der Waals surface area contributed by atoms with Crippen molar-refractivity contribution < 1.29 is 9.53 Å². The van der Waals surface area contributed by atoms with Gasteiger partial charge in [-0.3, -0.25) is 4.79 Å². The lowest BCUT2D eigenvalue weighted by Crippen LogP contribution is -2.23. The maximum absolute atomic E-state index is 10.6. The number of nitrogens with one attached hydrogen (secondary N) is 1. The van der Waals surface area contributed by atoms with Crippen molar-refractivity contribution in [2.75, 3.05) is 11.9 Å². The van der Waals surface area contributed by atoms with Crippen molar-refractivity contribution in [3.63, 3.8) is 0 Å². The summed E-state index contributed by atoms with van der Waals surface area (Å²) in [5, 5.41) is 3.61. The third-order valence-electron chi connectivity index (χ3n) is 4.01. The lowest BCUT2D eigenvalue weighted by molar-refractivity contribution is -0.118. The Morgan fingerprint density at radius 2 is 2.10 bits per heavy atom. The molecule has 1 aliphatic rings. The van der Waals surface area contributed by atoms with Gasteiger partial charge in [-0.2, -0.15) is 0 Å². The van der Waals surface area contributed by atoms with Gasteiger partial charge in [-0.15, -0.1) is 0 Å². The monoisotopic (exact) mass is 276 g/mol. The molecule has 1 aromatic rings. The van der Waals surface area contributed by atoms with E-state index in [0.29, 0.717) is 12.6 Å². The van der Waals surface area contributed by atoms with Crippen LogP contribution in [-0.2, 0) is 4.79 Å². The van der Waals surface area contributed by atoms with Crippen molar-refractivity contribution in [2.45, 2.75) is 45.1 Å². The number of hydrogen-bond acceptors (Lipinski definition) is 3. The van der Waals surface area contributed by atoms with Crippen molar-refractivity contribution in [1.82, 2.24) is 0 Å². The molecule has 2 atom stereocenters. The molecule has 0 spiro atoms. The standard InChI is InChI=1S/C16H24N2O2/c1-2-12-4-3-5-15(12)18-13-6-8-14(9-7-13)20-11-10-16(17)19/h6-9,12,15,18H,2-5,10-11H2,1H3,(H2,17,19). The van der Waals surface area contributed by atoms with Gasteiger partial charge in [-0.25, -0.2) is 0 Å². The van der Waals surface area contributed by atoms with Gasteiger partial charge in [0.25, 0.3) is 0 Å². The van der Waals surface area contributed by atoms with Crippen LogP contribution >= 0.6 is 0 Å². The molecule has 0 radical (unpaired) electrons. The number of nitrogens with two attached hydrogens (primary N) is 1. The van der Waals surface area contributed by atoms with Crippen LogP contribution in [0.3, 0.4) is 0 Å². The largest absolute Gasteiger partial charge is 0.493 e. The SMILES string of the molecule is CCC1CCCC1Nc1ccc(OCCC(N)=O)cc1. The predicted molar refractivity (Wildman–Crippen MR) is 80.8 cm³/mol. The van der Waals surface area contributed by atoms with E-state index in [9.17, 15) is 4.79 Å². The van der Waals surface area contributed by atoms with E-state index in [1.165, 1.54) is 25.7 Å². The van der Waals surface area contributed by atoms with Crippen molar-refractivity contribution in [3.8, 4) is 5.75 Å². The molecule has 0 aromatic heterocycles. The van der Waals surface area contributed by atoms with Gasteiger partial charge in [-0.05, 0) is 43.0 Å². The van der Waals surface area contributed by atoms with Crippen LogP contribution in [0, 0.1) is 5.92 Å². The zero-order valence-corrected chi connectivity index (χ0v) is 12.1. The minimum Gasteiger partial charge on any atom is -0.493 e. The molecule has 1 amide bonds. The molecule has 20 heavy (non-hydrogen) atoms. The molecule has 0 bridgehead atoms. The second kappa shape index (κ2) is 7.17. The fourth-order valence-corrected chi connectivity index (χ4v) is 2.85. The Labute approximate surface area is 120 Å². The third-order valence-corrected chi connectivity index (χ3v) is 4.01. The van der Waals surface area contributed by atoms with E-state index in [1.54, 1.807) is 0 Å². The van der Waals surface area contributed by atoms with Crippen LogP contribution in [0.25, 0.3) is 0 Å². The first-order valence-electron chi connectivity index (χ1n) is 7.46. The molecule has 2 rings (SSSR count). The van der Waals surface area contributed by atoms with Gasteiger partial charge in [0.1, 0.15) is 5.75 Å². The predicted octanol–water partition coefficient (Wildman–Crippen LogP) is 2.93. The highest BCUT2D eigenvalue weighted by molar-refractivity contribution is 5.73. The zero-order chi connectivity index (χ0) is 14.4. The number of carbonyl (C=O) groups excluding carboxylic acids is 1. The molecule has 1 fully saturated rings. The van der Waals surface area contributed by atoms with Crippen LogP contribution in [0.2, 0.25) is 0 Å². The number of ether oxygens (including phenoxy) is 1. The molecule has 110 valence electrons. The molecule has 1 aliphatic carbocycles. The highest BCUT2D eigenvalue weighted by Gasteiger charge is 2.25. The van der Waals surface area contributed by atoms with Crippen molar-refractivity contribution >= 4 is 11.6 Å². The molecule has 0 heterocycles. The van der Waals surface area contributed by atoms with E-state index in [0.717, 1.165) is 17.4 Å². The van der Waals surface area contributed by atoms with Crippen LogP contribution in [0.1, 0.15) is 39.0 Å². The van der Waals surface area contributed by atoms with Gasteiger partial charge >= 0.3 is 0 Å². The molecule has 2 unspecified atom stereocenters. The zero-order valence-electron chi connectivity index (χ0n) is 12.1. The first kappa shape index (κ1) is 14.7. The number of primary amides is 1. The quantitative estimate of drug-likeness (QED) is 0.804. The minimum absolute atomic E-state index is 0.250. The molecule has 0 saturated heterocycles. The number of rotatable bonds is 7. The number of hydrogen-bond donors (Lipinski definition) is 2. The van der Waals surface area contributed by atoms with Crippen LogP contribution in [0.15, 0.2) is 24.3 Å². The Morgan fingerprint density at radius 3 is 2.75 bits per heavy atom. The molecule has 0 aliphatic heterocycles. The summed E-state index contributed by atoms with van der Waals surface area (Å²) in [4.78, 5) is 10.6. The molecule has 3 N–H and O–H groups in total. The fraction of sp³-hybridized carbons (Fsp3) is 0.562. The molecule has 4 nitrogen and oxygen atoms in total. The van der Waals surface area contributed by atoms with E-state index in [2.05, 4.69) is 12.2 Å². The summed E-state index contributed by atoms with van der Waals surface area (Å²) in [6.45, 7) is 2.60. The fourth-order valence-electron chi connectivity index (χ4n) is 2.85. The van der Waals surface area contributed by atoms with Crippen LogP contribution in [0.4, 0.5) is 5.69 Å². The summed E-state index contributed by atoms with van der Waals surface area (Å²) in [6, 6.07) is 8.52. The number of amides is 1. The van der Waals surface area contributed by atoms with Crippen LogP contribution < -0.4 is 15.8 Å². The van der Waals surface area contributed by atoms with Gasteiger partial charge in [-0.1, -0.05) is 19.8 Å². The summed E-state index contributed by atoms with van der Waals surface area (Å²) in [7, 11) is 0. The van der Waals surface area contributed by atoms with Gasteiger partial charge < -0.3 is 15.8 Å². The second-order valence-electron chi connectivity index (χ2n) is 5.44. The van der Waals surface area contributed by atoms with Gasteiger partial charge in [0.15, 0.2) is 0 Å². The highest BCUT2D eigenvalue weighted by atomic mass is 16.5. The Hall–Kier alpha value is -1.71. The molecular formula is C16H24N2O2. The first-order valence-corrected chi connectivity index (χ1v) is 7.46. The highest BCUT2D eigenvalue weighted by Crippen LogP contribution is 2.31. The Balaban J connectivity index is 1.83. The van der Waals surface area contributed by atoms with Crippen LogP contribution in [0.5, 0.6) is 5.75 Å². The normalized spacial score (nSPS) is 21.6. The number of anilines is 1. The summed E-state index contributed by atoms with van der Waals surface area (Å²) in [6.07, 6.45) is 5.41. The summed E-state index contributed by atoms with van der Waals surface area (Å²) in [5.74, 6) is 1.23. The Morgan fingerprint density at radius 1 is 1.35 bits per heavy atom. The maximum atomic E-state index is 10.6. The molecule has 1 aromatic carbocycles. The topological polar surface area (TPSA) is 64.3 Å². The van der Waals surface area contributed by atoms with E-state index in [-0.39, 0.29) is 12.3 Å². The molecule has 4 heteroatoms. The third kappa shape index (κ3) is 4.15. The smallest absolute Gasteiger partial charge is 0.220 e. The first-order chi connectivity index (χ1) is 9.69. The van der Waals surface area contributed by atoms with E-state index in [1.807, 2.05) is 24.3 Å². The second-order valence-corrected chi connectivity index (χ2v) is 5.44. The van der Waals surface area contributed by atoms with Gasteiger partial charge in [0, 0.05) is 11.7 Å². The van der Waals surface area contributed by atoms with Gasteiger partial charge in [0.2, 0.25) is 5.91 Å². The van der Waals surface area contributed by atoms with E-state index in [4.69, 9.17) is 10.5 Å². The van der Waals surface area contributed by atoms with Crippen molar-refractivity contribution in [1.29, 1.82) is 0 Å². The van der Waals surface area contributed by atoms with Crippen LogP contribution in [-0.4, -0.2) is 18.6 Å².